The predicted octanol–water partition coefficient (Wildman–Crippen LogP) is 4.66. The minimum atomic E-state index is 0.550. The number of aromatic amines is 1. The molecule has 1 N–H and O–H groups in total. The molecule has 4 nitrogen and oxygen atoms in total. The third-order valence-corrected chi connectivity index (χ3v) is 4.32. The SMILES string of the molecule is Cc1ccc(-c2nc(=S)n(CN(C)Cc3ccc(Cl)cc3)[nH]2)cc1. The van der Waals surface area contributed by atoms with Gasteiger partial charge in [0.25, 0.3) is 0 Å². The van der Waals surface area contributed by atoms with Crippen LogP contribution in [0.5, 0.6) is 0 Å². The molecule has 0 aliphatic heterocycles. The van der Waals surface area contributed by atoms with Crippen molar-refractivity contribution in [3.05, 3.63) is 69.5 Å². The molecular formula is C18H19ClN4S. The molecule has 0 saturated heterocycles. The third kappa shape index (κ3) is 4.12. The van der Waals surface area contributed by atoms with Crippen LogP contribution in [0.2, 0.25) is 5.02 Å². The van der Waals surface area contributed by atoms with Crippen LogP contribution < -0.4 is 0 Å². The fraction of sp³-hybridized carbons (Fsp3) is 0.222. The Labute approximate surface area is 151 Å². The van der Waals surface area contributed by atoms with Crippen molar-refractivity contribution in [1.82, 2.24) is 19.7 Å². The summed E-state index contributed by atoms with van der Waals surface area (Å²) in [5.74, 6) is 0.792. The van der Waals surface area contributed by atoms with Gasteiger partial charge in [0.05, 0.1) is 6.67 Å². The lowest BCUT2D eigenvalue weighted by atomic mass is 10.1. The molecule has 24 heavy (non-hydrogen) atoms. The van der Waals surface area contributed by atoms with Crippen LogP contribution in [0.1, 0.15) is 11.1 Å². The lowest BCUT2D eigenvalue weighted by molar-refractivity contribution is 0.244. The van der Waals surface area contributed by atoms with Crippen molar-refractivity contribution in [2.24, 2.45) is 0 Å². The van der Waals surface area contributed by atoms with E-state index in [2.05, 4.69) is 34.0 Å². The molecule has 0 saturated carbocycles. The number of benzene rings is 2. The van der Waals surface area contributed by atoms with Crippen LogP contribution in [0.4, 0.5) is 0 Å². The summed E-state index contributed by atoms with van der Waals surface area (Å²) in [7, 11) is 2.04. The van der Waals surface area contributed by atoms with Gasteiger partial charge in [0.2, 0.25) is 4.77 Å². The number of hydrogen-bond acceptors (Lipinski definition) is 3. The molecule has 124 valence electrons. The first-order valence-electron chi connectivity index (χ1n) is 7.68. The number of halogens is 1. The maximum absolute atomic E-state index is 5.92. The van der Waals surface area contributed by atoms with Crippen LogP contribution in [-0.4, -0.2) is 26.7 Å². The first-order chi connectivity index (χ1) is 11.5. The van der Waals surface area contributed by atoms with Gasteiger partial charge in [0, 0.05) is 17.1 Å². The number of nitrogens with one attached hydrogen (secondary N) is 1. The van der Waals surface area contributed by atoms with Crippen molar-refractivity contribution < 1.29 is 0 Å². The molecular weight excluding hydrogens is 340 g/mol. The monoisotopic (exact) mass is 358 g/mol. The van der Waals surface area contributed by atoms with Crippen molar-refractivity contribution in [2.45, 2.75) is 20.1 Å². The van der Waals surface area contributed by atoms with Gasteiger partial charge in [0.15, 0.2) is 5.82 Å². The fourth-order valence-electron chi connectivity index (χ4n) is 2.49. The highest BCUT2D eigenvalue weighted by atomic mass is 35.5. The molecule has 1 heterocycles. The first kappa shape index (κ1) is 16.9. The fourth-order valence-corrected chi connectivity index (χ4v) is 2.81. The van der Waals surface area contributed by atoms with E-state index in [1.165, 1.54) is 11.1 Å². The Kier molecular flexibility index (Phi) is 5.14. The van der Waals surface area contributed by atoms with Gasteiger partial charge >= 0.3 is 0 Å². The molecule has 1 aromatic heterocycles. The lowest BCUT2D eigenvalue weighted by Crippen LogP contribution is -2.22. The van der Waals surface area contributed by atoms with Gasteiger partial charge in [-0.25, -0.2) is 4.68 Å². The van der Waals surface area contributed by atoms with E-state index in [9.17, 15) is 0 Å². The highest BCUT2D eigenvalue weighted by Crippen LogP contribution is 2.16. The molecule has 6 heteroatoms. The minimum Gasteiger partial charge on any atom is -0.283 e. The standard InChI is InChI=1S/C18H19ClN4S/c1-13-3-7-15(8-4-13)17-20-18(24)23(21-17)12-22(2)11-14-5-9-16(19)10-6-14/h3-10H,11-12H2,1-2H3,(H,20,21,24). The largest absolute Gasteiger partial charge is 0.283 e. The van der Waals surface area contributed by atoms with Crippen molar-refractivity contribution in [2.75, 3.05) is 7.05 Å². The van der Waals surface area contributed by atoms with Gasteiger partial charge < -0.3 is 0 Å². The molecule has 0 fully saturated rings. The Hall–Kier alpha value is -1.95. The topological polar surface area (TPSA) is 36.9 Å². The third-order valence-electron chi connectivity index (χ3n) is 3.75. The molecule has 3 rings (SSSR count). The quantitative estimate of drug-likeness (QED) is 0.674. The number of aromatic nitrogens is 3. The van der Waals surface area contributed by atoms with Crippen LogP contribution >= 0.6 is 23.8 Å². The molecule has 3 aromatic rings. The maximum Gasteiger partial charge on any atom is 0.217 e. The van der Waals surface area contributed by atoms with Gasteiger partial charge in [-0.1, -0.05) is 53.6 Å². The zero-order valence-electron chi connectivity index (χ0n) is 13.7. The summed E-state index contributed by atoms with van der Waals surface area (Å²) in [4.78, 5) is 6.62. The van der Waals surface area contributed by atoms with Crippen LogP contribution in [0.25, 0.3) is 11.4 Å². The molecule has 0 atom stereocenters. The summed E-state index contributed by atoms with van der Waals surface area (Å²) in [6.07, 6.45) is 0. The summed E-state index contributed by atoms with van der Waals surface area (Å²) in [6.45, 7) is 3.51. The number of hydrogen-bond donors (Lipinski definition) is 1. The molecule has 2 aromatic carbocycles. The van der Waals surface area contributed by atoms with Crippen LogP contribution in [-0.2, 0) is 13.2 Å². The van der Waals surface area contributed by atoms with Gasteiger partial charge in [-0.15, -0.1) is 0 Å². The zero-order chi connectivity index (χ0) is 17.1. The van der Waals surface area contributed by atoms with Crippen molar-refractivity contribution >= 4 is 23.8 Å². The van der Waals surface area contributed by atoms with E-state index in [4.69, 9.17) is 23.8 Å². The average molecular weight is 359 g/mol. The van der Waals surface area contributed by atoms with Crippen LogP contribution in [0.15, 0.2) is 48.5 Å². The molecule has 0 radical (unpaired) electrons. The van der Waals surface area contributed by atoms with Crippen LogP contribution in [0.3, 0.4) is 0 Å². The van der Waals surface area contributed by atoms with E-state index in [0.29, 0.717) is 11.4 Å². The molecule has 0 aliphatic rings. The Bertz CT molecular complexity index is 865. The normalized spacial score (nSPS) is 11.2. The second-order valence-electron chi connectivity index (χ2n) is 5.93. The average Bonchev–Trinajstić information content (AvgIpc) is 2.91. The Balaban J connectivity index is 1.72. The van der Waals surface area contributed by atoms with E-state index >= 15 is 0 Å². The second kappa shape index (κ2) is 7.30. The highest BCUT2D eigenvalue weighted by molar-refractivity contribution is 7.71. The van der Waals surface area contributed by atoms with Gasteiger partial charge in [-0.3, -0.25) is 10.00 Å². The molecule has 0 unspecified atom stereocenters. The summed E-state index contributed by atoms with van der Waals surface area (Å²) < 4.78 is 2.43. The second-order valence-corrected chi connectivity index (χ2v) is 6.73. The van der Waals surface area contributed by atoms with Gasteiger partial charge in [-0.2, -0.15) is 4.98 Å². The van der Waals surface area contributed by atoms with Crippen molar-refractivity contribution in [3.63, 3.8) is 0 Å². The Morgan fingerprint density at radius 2 is 1.79 bits per heavy atom. The van der Waals surface area contributed by atoms with E-state index in [1.807, 2.05) is 48.1 Å². The molecule has 0 amide bonds. The first-order valence-corrected chi connectivity index (χ1v) is 8.47. The minimum absolute atomic E-state index is 0.550. The van der Waals surface area contributed by atoms with Gasteiger partial charge in [-0.05, 0) is 43.9 Å². The van der Waals surface area contributed by atoms with E-state index in [1.54, 1.807) is 0 Å². The summed E-state index contributed by atoms with van der Waals surface area (Å²) in [5.41, 5.74) is 3.46. The predicted molar refractivity (Wildman–Crippen MR) is 101 cm³/mol. The van der Waals surface area contributed by atoms with E-state index < -0.39 is 0 Å². The maximum atomic E-state index is 5.92. The van der Waals surface area contributed by atoms with Gasteiger partial charge in [0.1, 0.15) is 0 Å². The van der Waals surface area contributed by atoms with Crippen molar-refractivity contribution in [1.29, 1.82) is 0 Å². The number of H-pyrrole nitrogens is 1. The van der Waals surface area contributed by atoms with E-state index in [-0.39, 0.29) is 0 Å². The summed E-state index contributed by atoms with van der Waals surface area (Å²) in [6, 6.07) is 16.1. The summed E-state index contributed by atoms with van der Waals surface area (Å²) in [5, 5.41) is 4.03. The zero-order valence-corrected chi connectivity index (χ0v) is 15.2. The molecule has 0 bridgehead atoms. The highest BCUT2D eigenvalue weighted by Gasteiger charge is 2.07. The Morgan fingerprint density at radius 3 is 2.46 bits per heavy atom. The number of aryl methyl sites for hydroxylation is 1. The number of rotatable bonds is 5. The smallest absolute Gasteiger partial charge is 0.217 e. The molecule has 0 aliphatic carbocycles. The summed E-state index contributed by atoms with van der Waals surface area (Å²) >= 11 is 11.3. The van der Waals surface area contributed by atoms with Crippen LogP contribution in [0, 0.1) is 11.7 Å². The Morgan fingerprint density at radius 1 is 1.12 bits per heavy atom. The lowest BCUT2D eigenvalue weighted by Gasteiger charge is -2.17. The number of nitrogens with zero attached hydrogens (tertiary/aromatic N) is 3. The van der Waals surface area contributed by atoms with Crippen molar-refractivity contribution in [3.8, 4) is 11.4 Å². The molecule has 0 spiro atoms. The van der Waals surface area contributed by atoms with E-state index in [0.717, 1.165) is 23.0 Å².